The molecule has 0 spiro atoms. The number of nitrogens with one attached hydrogen (secondary N) is 1. The van der Waals surface area contributed by atoms with E-state index in [9.17, 15) is 4.79 Å². The average molecular weight is 352 g/mol. The van der Waals surface area contributed by atoms with Crippen LogP contribution in [0.4, 0.5) is 0 Å². The number of rotatable bonds is 6. The maximum absolute atomic E-state index is 12.2. The maximum atomic E-state index is 12.2. The van der Waals surface area contributed by atoms with Crippen LogP contribution in [0.2, 0.25) is 0 Å². The van der Waals surface area contributed by atoms with Crippen LogP contribution in [-0.2, 0) is 11.2 Å². The van der Waals surface area contributed by atoms with Crippen LogP contribution in [0.1, 0.15) is 41.5 Å². The first-order valence-corrected chi connectivity index (χ1v) is 9.45. The Labute approximate surface area is 155 Å². The van der Waals surface area contributed by atoms with Crippen molar-refractivity contribution >= 4 is 5.91 Å². The molecule has 1 aromatic heterocycles. The Kier molecular flexibility index (Phi) is 6.34. The Balaban J connectivity index is 1.38. The Morgan fingerprint density at radius 2 is 1.77 bits per heavy atom. The molecule has 2 heterocycles. The lowest BCUT2D eigenvalue weighted by molar-refractivity contribution is -0.122. The van der Waals surface area contributed by atoms with E-state index in [2.05, 4.69) is 50.5 Å². The molecule has 1 saturated heterocycles. The second kappa shape index (κ2) is 8.90. The van der Waals surface area contributed by atoms with Crippen LogP contribution in [0.25, 0.3) is 0 Å². The summed E-state index contributed by atoms with van der Waals surface area (Å²) in [4.78, 5) is 23.3. The first-order valence-electron chi connectivity index (χ1n) is 9.45. The van der Waals surface area contributed by atoms with Gasteiger partial charge in [0.05, 0.1) is 6.54 Å². The monoisotopic (exact) mass is 352 g/mol. The molecule has 26 heavy (non-hydrogen) atoms. The van der Waals surface area contributed by atoms with E-state index in [0.717, 1.165) is 43.1 Å². The summed E-state index contributed by atoms with van der Waals surface area (Å²) in [7, 11) is 0. The Bertz CT molecular complexity index is 704. The molecule has 2 aromatic rings. The highest BCUT2D eigenvalue weighted by atomic mass is 16.2. The third-order valence-corrected chi connectivity index (χ3v) is 4.93. The summed E-state index contributed by atoms with van der Waals surface area (Å²) >= 11 is 0. The number of carbonyl (C=O) groups is 1. The predicted octanol–water partition coefficient (Wildman–Crippen LogP) is 2.63. The van der Waals surface area contributed by atoms with Crippen LogP contribution < -0.4 is 5.32 Å². The summed E-state index contributed by atoms with van der Waals surface area (Å²) in [5, 5.41) is 3.00. The van der Waals surface area contributed by atoms with Gasteiger partial charge < -0.3 is 5.32 Å². The van der Waals surface area contributed by atoms with Crippen LogP contribution >= 0.6 is 0 Å². The van der Waals surface area contributed by atoms with Crippen LogP contribution in [0.5, 0.6) is 0 Å². The summed E-state index contributed by atoms with van der Waals surface area (Å²) in [5.74, 6) is 1.51. The zero-order chi connectivity index (χ0) is 18.4. The van der Waals surface area contributed by atoms with Crippen LogP contribution in [0.15, 0.2) is 36.4 Å². The third kappa shape index (κ3) is 5.36. The number of likely N-dealkylation sites (tertiary alicyclic amines) is 1. The second-order valence-electron chi connectivity index (χ2n) is 7.13. The fourth-order valence-corrected chi connectivity index (χ4v) is 3.63. The number of benzene rings is 1. The van der Waals surface area contributed by atoms with Gasteiger partial charge in [0.1, 0.15) is 5.82 Å². The molecule has 0 aliphatic carbocycles. The van der Waals surface area contributed by atoms with E-state index in [1.54, 1.807) is 0 Å². The summed E-state index contributed by atoms with van der Waals surface area (Å²) < 4.78 is 0. The number of hydrogen-bond acceptors (Lipinski definition) is 4. The molecule has 5 heteroatoms. The Morgan fingerprint density at radius 3 is 2.42 bits per heavy atom. The van der Waals surface area contributed by atoms with E-state index in [-0.39, 0.29) is 5.91 Å². The number of carbonyl (C=O) groups excluding carboxylic acids is 1. The van der Waals surface area contributed by atoms with Crippen molar-refractivity contribution in [3.05, 3.63) is 59.2 Å². The number of aryl methyl sites for hydroxylation is 2. The second-order valence-corrected chi connectivity index (χ2v) is 7.13. The van der Waals surface area contributed by atoms with E-state index < -0.39 is 0 Å². The van der Waals surface area contributed by atoms with Crippen molar-refractivity contribution in [1.29, 1.82) is 0 Å². The molecular formula is C21H28N4O. The van der Waals surface area contributed by atoms with Gasteiger partial charge in [0, 0.05) is 24.4 Å². The van der Waals surface area contributed by atoms with Gasteiger partial charge in [0.15, 0.2) is 0 Å². The van der Waals surface area contributed by atoms with Gasteiger partial charge in [-0.2, -0.15) is 0 Å². The van der Waals surface area contributed by atoms with Crippen molar-refractivity contribution in [2.45, 2.75) is 39.0 Å². The van der Waals surface area contributed by atoms with Gasteiger partial charge in [-0.05, 0) is 57.3 Å². The highest BCUT2D eigenvalue weighted by Crippen LogP contribution is 2.27. The Hall–Kier alpha value is -2.27. The van der Waals surface area contributed by atoms with Crippen molar-refractivity contribution in [1.82, 2.24) is 20.2 Å². The minimum Gasteiger partial charge on any atom is -0.355 e. The number of piperidine rings is 1. The molecule has 3 rings (SSSR count). The van der Waals surface area contributed by atoms with E-state index >= 15 is 0 Å². The highest BCUT2D eigenvalue weighted by molar-refractivity contribution is 5.78. The number of nitrogens with zero attached hydrogens (tertiary/aromatic N) is 3. The van der Waals surface area contributed by atoms with Gasteiger partial charge in [-0.25, -0.2) is 9.97 Å². The summed E-state index contributed by atoms with van der Waals surface area (Å²) in [6.45, 7) is 6.96. The minimum atomic E-state index is 0.0903. The van der Waals surface area contributed by atoms with Gasteiger partial charge in [0.25, 0.3) is 0 Å². The summed E-state index contributed by atoms with van der Waals surface area (Å²) in [5.41, 5.74) is 3.37. The topological polar surface area (TPSA) is 58.1 Å². The molecular weight excluding hydrogens is 324 g/mol. The van der Waals surface area contributed by atoms with Crippen molar-refractivity contribution in [2.24, 2.45) is 0 Å². The van der Waals surface area contributed by atoms with Crippen LogP contribution in [-0.4, -0.2) is 47.0 Å². The highest BCUT2D eigenvalue weighted by Gasteiger charge is 2.21. The fraction of sp³-hybridized carbons (Fsp3) is 0.476. The number of aromatic nitrogens is 2. The first kappa shape index (κ1) is 18.5. The molecule has 0 saturated carbocycles. The minimum absolute atomic E-state index is 0.0903. The smallest absolute Gasteiger partial charge is 0.234 e. The van der Waals surface area contributed by atoms with E-state index in [0.29, 0.717) is 25.4 Å². The number of hydrogen-bond donors (Lipinski definition) is 1. The van der Waals surface area contributed by atoms with Gasteiger partial charge in [-0.1, -0.05) is 30.3 Å². The molecule has 1 aliphatic heterocycles. The SMILES string of the molecule is Cc1cc(C)nc(CCNC(=O)CN2CCC(c3ccccc3)CC2)n1. The van der Waals surface area contributed by atoms with Gasteiger partial charge in [-0.3, -0.25) is 9.69 Å². The molecule has 1 N–H and O–H groups in total. The third-order valence-electron chi connectivity index (χ3n) is 4.93. The Morgan fingerprint density at radius 1 is 1.12 bits per heavy atom. The maximum Gasteiger partial charge on any atom is 0.234 e. The molecule has 0 bridgehead atoms. The standard InChI is InChI=1S/C21H28N4O/c1-16-14-17(2)24-20(23-16)8-11-22-21(26)15-25-12-9-19(10-13-25)18-6-4-3-5-7-18/h3-7,14,19H,8-13,15H2,1-2H3,(H,22,26). The lowest BCUT2D eigenvalue weighted by Gasteiger charge is -2.31. The van der Waals surface area contributed by atoms with Crippen LogP contribution in [0, 0.1) is 13.8 Å². The lowest BCUT2D eigenvalue weighted by Crippen LogP contribution is -2.41. The molecule has 0 atom stereocenters. The van der Waals surface area contributed by atoms with Gasteiger partial charge >= 0.3 is 0 Å². The molecule has 0 radical (unpaired) electrons. The van der Waals surface area contributed by atoms with Crippen molar-refractivity contribution < 1.29 is 4.79 Å². The largest absolute Gasteiger partial charge is 0.355 e. The predicted molar refractivity (Wildman–Crippen MR) is 103 cm³/mol. The van der Waals surface area contributed by atoms with Crippen LogP contribution in [0.3, 0.4) is 0 Å². The zero-order valence-corrected chi connectivity index (χ0v) is 15.7. The molecule has 1 amide bonds. The van der Waals surface area contributed by atoms with Crippen molar-refractivity contribution in [3.63, 3.8) is 0 Å². The van der Waals surface area contributed by atoms with Crippen molar-refractivity contribution in [3.8, 4) is 0 Å². The van der Waals surface area contributed by atoms with Gasteiger partial charge in [-0.15, -0.1) is 0 Å². The van der Waals surface area contributed by atoms with Crippen molar-refractivity contribution in [2.75, 3.05) is 26.2 Å². The quantitative estimate of drug-likeness (QED) is 0.868. The fourth-order valence-electron chi connectivity index (χ4n) is 3.63. The average Bonchev–Trinajstić information content (AvgIpc) is 2.62. The summed E-state index contributed by atoms with van der Waals surface area (Å²) in [6, 6.07) is 12.7. The zero-order valence-electron chi connectivity index (χ0n) is 15.7. The molecule has 0 unspecified atom stereocenters. The molecule has 1 aromatic carbocycles. The first-order chi connectivity index (χ1) is 12.6. The molecule has 1 fully saturated rings. The normalized spacial score (nSPS) is 15.8. The molecule has 5 nitrogen and oxygen atoms in total. The van der Waals surface area contributed by atoms with E-state index in [1.807, 2.05) is 19.9 Å². The van der Waals surface area contributed by atoms with E-state index in [1.165, 1.54) is 5.56 Å². The number of amides is 1. The summed E-state index contributed by atoms with van der Waals surface area (Å²) in [6.07, 6.45) is 2.91. The molecule has 1 aliphatic rings. The molecule has 138 valence electrons. The van der Waals surface area contributed by atoms with Gasteiger partial charge in [0.2, 0.25) is 5.91 Å². The van der Waals surface area contributed by atoms with E-state index in [4.69, 9.17) is 0 Å². The lowest BCUT2D eigenvalue weighted by atomic mass is 9.89.